The Kier molecular flexibility index (Phi) is 1.99. The topological polar surface area (TPSA) is 38.9 Å². The Hall–Kier alpha value is -0.840. The lowest BCUT2D eigenvalue weighted by Crippen LogP contribution is -2.32. The number of halogens is 1. The molecule has 0 atom stereocenters. The fraction of sp³-hybridized carbons (Fsp3) is 0.357. The predicted octanol–water partition coefficient (Wildman–Crippen LogP) is 3.47. The number of nitrogens with two attached hydrogens (primary N) is 1. The molecule has 0 aliphatic heterocycles. The predicted molar refractivity (Wildman–Crippen MR) is 78.0 cm³/mol. The Balaban J connectivity index is 2.10. The number of hydrogen-bond donors (Lipinski definition) is 1. The Morgan fingerprint density at radius 3 is 2.94 bits per heavy atom. The number of nitrogen functional groups attached to an aromatic ring is 1. The summed E-state index contributed by atoms with van der Waals surface area (Å²) in [6.07, 6.45) is 3.80. The van der Waals surface area contributed by atoms with Crippen molar-refractivity contribution < 1.29 is 0 Å². The van der Waals surface area contributed by atoms with Crippen LogP contribution < -0.4 is 5.73 Å². The first-order chi connectivity index (χ1) is 8.24. The number of fused-ring (bicyclic) bond motifs is 1. The molecule has 0 spiro atoms. The van der Waals surface area contributed by atoms with E-state index >= 15 is 0 Å². The van der Waals surface area contributed by atoms with Crippen LogP contribution in [0.25, 0.3) is 10.9 Å². The Bertz CT molecular complexity index is 630. The van der Waals surface area contributed by atoms with Crippen LogP contribution in [0.4, 0.5) is 5.69 Å². The van der Waals surface area contributed by atoms with E-state index in [0.29, 0.717) is 5.92 Å². The van der Waals surface area contributed by atoms with Crippen molar-refractivity contribution in [2.75, 3.05) is 5.73 Å². The summed E-state index contributed by atoms with van der Waals surface area (Å²) in [5.74, 6) is 1.56. The van der Waals surface area contributed by atoms with Crippen LogP contribution >= 0.6 is 22.6 Å². The molecule has 1 heterocycles. The smallest absolute Gasteiger partial charge is 0.0737 e. The minimum Gasteiger partial charge on any atom is -0.398 e. The molecular weight excluding hydrogens is 321 g/mol. The van der Waals surface area contributed by atoms with Crippen molar-refractivity contribution in [2.24, 2.45) is 5.92 Å². The van der Waals surface area contributed by atoms with E-state index in [1.54, 1.807) is 0 Å². The number of nitrogens with zero attached hydrogens (tertiary/aromatic N) is 1. The summed E-state index contributed by atoms with van der Waals surface area (Å²) in [6.45, 7) is 0. The van der Waals surface area contributed by atoms with Gasteiger partial charge < -0.3 is 5.73 Å². The minimum atomic E-state index is 0.688. The summed E-state index contributed by atoms with van der Waals surface area (Å²) in [5.41, 5.74) is 11.1. The SMILES string of the molecule is Nc1c2c(nc3cccc([125I])c13)C1CC(C2)C1. The summed E-state index contributed by atoms with van der Waals surface area (Å²) in [7, 11) is 0. The van der Waals surface area contributed by atoms with Gasteiger partial charge in [0.05, 0.1) is 5.52 Å². The van der Waals surface area contributed by atoms with Gasteiger partial charge >= 0.3 is 0 Å². The fourth-order valence-corrected chi connectivity index (χ4v) is 4.10. The number of benzene rings is 1. The Labute approximate surface area is 114 Å². The van der Waals surface area contributed by atoms with Crippen LogP contribution in [0.2, 0.25) is 0 Å². The molecule has 86 valence electrons. The second-order valence-corrected chi connectivity index (χ2v) is 6.42. The monoisotopic (exact) mass is 334 g/mol. The van der Waals surface area contributed by atoms with Gasteiger partial charge in [0.2, 0.25) is 0 Å². The van der Waals surface area contributed by atoms with Crippen molar-refractivity contribution >= 4 is 39.2 Å². The van der Waals surface area contributed by atoms with Gasteiger partial charge in [-0.15, -0.1) is 0 Å². The average molecular weight is 334 g/mol. The highest BCUT2D eigenvalue weighted by Crippen LogP contribution is 2.51. The van der Waals surface area contributed by atoms with Crippen LogP contribution in [0.15, 0.2) is 18.2 Å². The standard InChI is InChI=1S/C14H13IN2/c15-10-2-1-3-11-12(10)13(16)9-6-7-4-8(5-7)14(9)17-11/h1-3,7-8H,4-6H2,(H2,16,17)/i15-2. The maximum Gasteiger partial charge on any atom is 0.0737 e. The first-order valence-electron chi connectivity index (χ1n) is 6.10. The van der Waals surface area contributed by atoms with Gasteiger partial charge in [0.1, 0.15) is 0 Å². The second kappa shape index (κ2) is 3.34. The van der Waals surface area contributed by atoms with E-state index in [1.807, 2.05) is 0 Å². The molecule has 1 aromatic heterocycles. The van der Waals surface area contributed by atoms with E-state index in [0.717, 1.165) is 28.9 Å². The number of aromatic nitrogens is 1. The van der Waals surface area contributed by atoms with Crippen LogP contribution in [0, 0.1) is 9.49 Å². The number of pyridine rings is 1. The van der Waals surface area contributed by atoms with Gasteiger partial charge in [0.15, 0.2) is 0 Å². The summed E-state index contributed by atoms with van der Waals surface area (Å²) in [4.78, 5) is 4.87. The second-order valence-electron chi connectivity index (χ2n) is 5.26. The lowest BCUT2D eigenvalue weighted by molar-refractivity contribution is 0.233. The third-order valence-corrected chi connectivity index (χ3v) is 5.15. The summed E-state index contributed by atoms with van der Waals surface area (Å²) < 4.78 is 1.21. The highest BCUT2D eigenvalue weighted by molar-refractivity contribution is 14.1. The molecule has 0 radical (unpaired) electrons. The first-order valence-corrected chi connectivity index (χ1v) is 7.18. The molecule has 1 saturated carbocycles. The quantitative estimate of drug-likeness (QED) is 0.750. The molecule has 3 heteroatoms. The minimum absolute atomic E-state index is 0.688. The number of hydrogen-bond acceptors (Lipinski definition) is 2. The Morgan fingerprint density at radius 1 is 1.29 bits per heavy atom. The van der Waals surface area contributed by atoms with Crippen molar-refractivity contribution in [3.05, 3.63) is 33.0 Å². The van der Waals surface area contributed by atoms with E-state index in [1.165, 1.54) is 27.7 Å². The Morgan fingerprint density at radius 2 is 2.12 bits per heavy atom. The zero-order valence-electron chi connectivity index (χ0n) is 9.41. The molecule has 3 aliphatic carbocycles. The fourth-order valence-electron chi connectivity index (χ4n) is 3.33. The van der Waals surface area contributed by atoms with Crippen LogP contribution in [0.1, 0.15) is 30.0 Å². The molecule has 0 saturated heterocycles. The van der Waals surface area contributed by atoms with Gasteiger partial charge in [0, 0.05) is 26.3 Å². The third kappa shape index (κ3) is 1.29. The van der Waals surface area contributed by atoms with Crippen molar-refractivity contribution in [1.82, 2.24) is 4.98 Å². The third-order valence-electron chi connectivity index (χ3n) is 4.25. The summed E-state index contributed by atoms with van der Waals surface area (Å²) in [6, 6.07) is 6.26. The lowest BCUT2D eigenvalue weighted by Gasteiger charge is -2.42. The molecule has 2 aromatic rings. The van der Waals surface area contributed by atoms with Crippen LogP contribution in [-0.4, -0.2) is 4.98 Å². The molecule has 5 rings (SSSR count). The highest BCUT2D eigenvalue weighted by atomic mass is 125. The van der Waals surface area contributed by atoms with E-state index in [4.69, 9.17) is 10.7 Å². The molecule has 0 unspecified atom stereocenters. The van der Waals surface area contributed by atoms with Gasteiger partial charge in [0.25, 0.3) is 0 Å². The normalized spacial score (nSPS) is 25.5. The first kappa shape index (κ1) is 10.1. The molecule has 0 amide bonds. The van der Waals surface area contributed by atoms with E-state index < -0.39 is 0 Å². The summed E-state index contributed by atoms with van der Waals surface area (Å²) >= 11 is 2.36. The van der Waals surface area contributed by atoms with Crippen molar-refractivity contribution in [1.29, 1.82) is 0 Å². The molecule has 17 heavy (non-hydrogen) atoms. The van der Waals surface area contributed by atoms with Gasteiger partial charge in [-0.25, -0.2) is 0 Å². The van der Waals surface area contributed by atoms with Gasteiger partial charge in [-0.3, -0.25) is 4.98 Å². The average Bonchev–Trinajstić information content (AvgIpc) is 2.27. The van der Waals surface area contributed by atoms with Gasteiger partial charge in [-0.05, 0) is 65.5 Å². The largest absolute Gasteiger partial charge is 0.398 e. The molecular formula is C14H13IN2. The van der Waals surface area contributed by atoms with Gasteiger partial charge in [-0.1, -0.05) is 6.07 Å². The lowest BCUT2D eigenvalue weighted by atomic mass is 9.64. The number of anilines is 1. The van der Waals surface area contributed by atoms with E-state index in [-0.39, 0.29) is 0 Å². The molecule has 3 aliphatic rings. The zero-order valence-corrected chi connectivity index (χ0v) is 11.6. The van der Waals surface area contributed by atoms with Crippen LogP contribution in [0.3, 0.4) is 0 Å². The maximum absolute atomic E-state index is 6.38. The molecule has 2 nitrogen and oxygen atoms in total. The highest BCUT2D eigenvalue weighted by Gasteiger charge is 2.39. The molecule has 1 aromatic carbocycles. The van der Waals surface area contributed by atoms with Crippen LogP contribution in [0.5, 0.6) is 0 Å². The van der Waals surface area contributed by atoms with E-state index in [9.17, 15) is 0 Å². The van der Waals surface area contributed by atoms with Crippen molar-refractivity contribution in [3.8, 4) is 0 Å². The van der Waals surface area contributed by atoms with Gasteiger partial charge in [-0.2, -0.15) is 0 Å². The van der Waals surface area contributed by atoms with E-state index in [2.05, 4.69) is 40.8 Å². The summed E-state index contributed by atoms with van der Waals surface area (Å²) in [5, 5.41) is 1.16. The van der Waals surface area contributed by atoms with Crippen molar-refractivity contribution in [3.63, 3.8) is 0 Å². The zero-order chi connectivity index (χ0) is 11.6. The number of rotatable bonds is 0. The maximum atomic E-state index is 6.38. The van der Waals surface area contributed by atoms with Crippen molar-refractivity contribution in [2.45, 2.75) is 25.2 Å². The molecule has 2 bridgehead atoms. The van der Waals surface area contributed by atoms with Crippen LogP contribution in [-0.2, 0) is 6.42 Å². The molecule has 2 N–H and O–H groups in total. The molecule has 1 fully saturated rings.